The van der Waals surface area contributed by atoms with Gasteiger partial charge in [-0.3, -0.25) is 4.57 Å². The van der Waals surface area contributed by atoms with Crippen LogP contribution in [0.2, 0.25) is 0 Å². The van der Waals surface area contributed by atoms with Crippen molar-refractivity contribution in [2.24, 2.45) is 0 Å². The van der Waals surface area contributed by atoms with Gasteiger partial charge in [-0.15, -0.1) is 5.10 Å². The predicted octanol–water partition coefficient (Wildman–Crippen LogP) is 4.66. The molecule has 28 heavy (non-hydrogen) atoms. The van der Waals surface area contributed by atoms with Crippen LogP contribution in [0.3, 0.4) is 0 Å². The summed E-state index contributed by atoms with van der Waals surface area (Å²) in [5.41, 5.74) is 3.08. The van der Waals surface area contributed by atoms with E-state index < -0.39 is 7.60 Å². The van der Waals surface area contributed by atoms with Crippen LogP contribution in [0.15, 0.2) is 54.7 Å². The molecule has 0 aliphatic heterocycles. The second-order valence-corrected chi connectivity index (χ2v) is 8.48. The van der Waals surface area contributed by atoms with Crippen molar-refractivity contribution in [3.63, 3.8) is 0 Å². The Labute approximate surface area is 163 Å². The van der Waals surface area contributed by atoms with Crippen molar-refractivity contribution in [3.8, 4) is 0 Å². The zero-order valence-corrected chi connectivity index (χ0v) is 16.9. The van der Waals surface area contributed by atoms with Gasteiger partial charge in [0.2, 0.25) is 0 Å². The van der Waals surface area contributed by atoms with Gasteiger partial charge in [-0.25, -0.2) is 4.68 Å². The van der Waals surface area contributed by atoms with E-state index in [0.717, 1.165) is 16.7 Å². The summed E-state index contributed by atoms with van der Waals surface area (Å²) in [4.78, 5) is 0. The summed E-state index contributed by atoms with van der Waals surface area (Å²) in [6.45, 7) is 4.79. The maximum Gasteiger partial charge on any atom is 0.351 e. The van der Waals surface area contributed by atoms with Crippen LogP contribution in [-0.4, -0.2) is 32.8 Å². The first kappa shape index (κ1) is 18.9. The molecule has 8 heteroatoms. The van der Waals surface area contributed by atoms with Crippen molar-refractivity contribution in [1.82, 2.24) is 19.6 Å². The minimum Gasteiger partial charge on any atom is -0.334 e. The van der Waals surface area contributed by atoms with Gasteiger partial charge >= 0.3 is 7.60 Å². The largest absolute Gasteiger partial charge is 0.351 e. The van der Waals surface area contributed by atoms with Crippen LogP contribution < -0.4 is 0 Å². The number of nitrogens with zero attached hydrogens (tertiary/aromatic N) is 4. The first-order valence-electron chi connectivity index (χ1n) is 9.36. The van der Waals surface area contributed by atoms with Gasteiger partial charge in [-0.2, -0.15) is 0 Å². The van der Waals surface area contributed by atoms with Crippen molar-refractivity contribution < 1.29 is 13.6 Å². The standard InChI is InChI=1S/C20H23N4O3P/c1-3-26-28(25,27-4-2)15-23-13-16(21-22-23)14-24-19-11-7-5-9-17(19)18-10-6-8-12-20(18)24/h5-13H,3-4,14-15H2,1-2H3. The van der Waals surface area contributed by atoms with Gasteiger partial charge in [0.05, 0.1) is 26.0 Å². The lowest BCUT2D eigenvalue weighted by Crippen LogP contribution is -2.05. The fourth-order valence-electron chi connectivity index (χ4n) is 3.51. The number of fused-ring (bicyclic) bond motifs is 3. The lowest BCUT2D eigenvalue weighted by molar-refractivity contribution is 0.213. The zero-order valence-electron chi connectivity index (χ0n) is 16.0. The topological polar surface area (TPSA) is 71.2 Å². The Bertz CT molecular complexity index is 1090. The van der Waals surface area contributed by atoms with Crippen molar-refractivity contribution in [1.29, 1.82) is 0 Å². The smallest absolute Gasteiger partial charge is 0.334 e. The maximum atomic E-state index is 12.7. The third-order valence-corrected chi connectivity index (χ3v) is 6.50. The molecule has 0 radical (unpaired) electrons. The molecule has 0 unspecified atom stereocenters. The number of hydrogen-bond acceptors (Lipinski definition) is 5. The van der Waals surface area contributed by atoms with Gasteiger partial charge in [-0.1, -0.05) is 41.6 Å². The van der Waals surface area contributed by atoms with E-state index in [1.54, 1.807) is 20.0 Å². The van der Waals surface area contributed by atoms with E-state index in [-0.39, 0.29) is 6.29 Å². The molecule has 0 saturated heterocycles. The first-order valence-corrected chi connectivity index (χ1v) is 11.1. The number of rotatable bonds is 8. The van der Waals surface area contributed by atoms with Crippen molar-refractivity contribution >= 4 is 29.4 Å². The van der Waals surface area contributed by atoms with Gasteiger partial charge in [0.25, 0.3) is 0 Å². The Hall–Kier alpha value is -2.47. The minimum absolute atomic E-state index is 0.0505. The molecule has 0 saturated carbocycles. The zero-order chi connectivity index (χ0) is 19.6. The average Bonchev–Trinajstić information content (AvgIpc) is 3.25. The molecule has 0 aliphatic carbocycles. The Morgan fingerprint density at radius 2 is 1.50 bits per heavy atom. The lowest BCUT2D eigenvalue weighted by atomic mass is 10.2. The van der Waals surface area contributed by atoms with Gasteiger partial charge in [0, 0.05) is 21.8 Å². The van der Waals surface area contributed by atoms with E-state index in [1.807, 2.05) is 24.3 Å². The quantitative estimate of drug-likeness (QED) is 0.404. The second kappa shape index (κ2) is 7.87. The number of aromatic nitrogens is 4. The van der Waals surface area contributed by atoms with Crippen LogP contribution in [0.25, 0.3) is 21.8 Å². The highest BCUT2D eigenvalue weighted by atomic mass is 31.2. The fraction of sp³-hybridized carbons (Fsp3) is 0.300. The molecule has 2 aromatic carbocycles. The molecule has 0 atom stereocenters. The van der Waals surface area contributed by atoms with E-state index in [4.69, 9.17) is 9.05 Å². The second-order valence-electron chi connectivity index (χ2n) is 6.46. The van der Waals surface area contributed by atoms with E-state index in [1.165, 1.54) is 15.5 Å². The van der Waals surface area contributed by atoms with Gasteiger partial charge in [0.15, 0.2) is 0 Å². The normalized spacial score (nSPS) is 12.2. The summed E-state index contributed by atoms with van der Waals surface area (Å²) in [6, 6.07) is 16.7. The molecule has 0 amide bonds. The molecule has 4 rings (SSSR count). The third-order valence-electron chi connectivity index (χ3n) is 4.56. The highest BCUT2D eigenvalue weighted by Gasteiger charge is 2.25. The summed E-state index contributed by atoms with van der Waals surface area (Å²) < 4.78 is 27.2. The highest BCUT2D eigenvalue weighted by Crippen LogP contribution is 2.49. The van der Waals surface area contributed by atoms with Crippen molar-refractivity contribution in [2.45, 2.75) is 26.7 Å². The van der Waals surface area contributed by atoms with Crippen LogP contribution in [0.1, 0.15) is 19.5 Å². The van der Waals surface area contributed by atoms with Crippen LogP contribution in [0, 0.1) is 0 Å². The molecule has 0 N–H and O–H groups in total. The Kier molecular flexibility index (Phi) is 5.31. The molecule has 0 aliphatic rings. The Morgan fingerprint density at radius 1 is 0.929 bits per heavy atom. The fourth-order valence-corrected chi connectivity index (χ4v) is 5.02. The van der Waals surface area contributed by atoms with E-state index in [2.05, 4.69) is 39.1 Å². The summed E-state index contributed by atoms with van der Waals surface area (Å²) in [5, 5.41) is 10.8. The van der Waals surface area contributed by atoms with Crippen LogP contribution >= 0.6 is 7.60 Å². The molecule has 2 heterocycles. The molecule has 7 nitrogen and oxygen atoms in total. The third kappa shape index (κ3) is 3.61. The average molecular weight is 398 g/mol. The van der Waals surface area contributed by atoms with Gasteiger partial charge < -0.3 is 13.6 Å². The molecule has 0 spiro atoms. The SMILES string of the molecule is CCOP(=O)(Cn1cc(Cn2c3ccccc3c3ccccc32)nn1)OCC. The molecule has 4 aromatic rings. The van der Waals surface area contributed by atoms with Gasteiger partial charge in [0.1, 0.15) is 12.0 Å². The summed E-state index contributed by atoms with van der Waals surface area (Å²) >= 11 is 0. The molecule has 0 bridgehead atoms. The Morgan fingerprint density at radius 3 is 2.07 bits per heavy atom. The lowest BCUT2D eigenvalue weighted by Gasteiger charge is -2.16. The van der Waals surface area contributed by atoms with Crippen molar-refractivity contribution in [2.75, 3.05) is 13.2 Å². The number of hydrogen-bond donors (Lipinski definition) is 0. The number of para-hydroxylation sites is 2. The Balaban J connectivity index is 1.65. The molecular formula is C20H23N4O3P. The minimum atomic E-state index is -3.22. The molecule has 0 fully saturated rings. The van der Waals surface area contributed by atoms with E-state index >= 15 is 0 Å². The summed E-state index contributed by atoms with van der Waals surface area (Å²) in [7, 11) is -3.22. The summed E-state index contributed by atoms with van der Waals surface area (Å²) in [5.74, 6) is 0. The van der Waals surface area contributed by atoms with Gasteiger partial charge in [-0.05, 0) is 26.0 Å². The molecule has 2 aromatic heterocycles. The number of benzene rings is 2. The van der Waals surface area contributed by atoms with Crippen LogP contribution in [0.5, 0.6) is 0 Å². The van der Waals surface area contributed by atoms with Crippen molar-refractivity contribution in [3.05, 3.63) is 60.4 Å². The predicted molar refractivity (Wildman–Crippen MR) is 109 cm³/mol. The molecular weight excluding hydrogens is 375 g/mol. The maximum absolute atomic E-state index is 12.7. The summed E-state index contributed by atoms with van der Waals surface area (Å²) in [6.07, 6.45) is 1.85. The van der Waals surface area contributed by atoms with Crippen LogP contribution in [-0.2, 0) is 26.4 Å². The monoisotopic (exact) mass is 398 g/mol. The van der Waals surface area contributed by atoms with E-state index in [0.29, 0.717) is 19.8 Å². The highest BCUT2D eigenvalue weighted by molar-refractivity contribution is 7.52. The van der Waals surface area contributed by atoms with Crippen LogP contribution in [0.4, 0.5) is 0 Å². The first-order chi connectivity index (χ1) is 13.6. The molecule has 146 valence electrons. The van der Waals surface area contributed by atoms with E-state index in [9.17, 15) is 4.57 Å².